The summed E-state index contributed by atoms with van der Waals surface area (Å²) in [6, 6.07) is 15.4. The normalized spacial score (nSPS) is 10.9. The molecule has 3 aromatic rings. The lowest BCUT2D eigenvalue weighted by molar-refractivity contribution is -0.123. The third kappa shape index (κ3) is 7.08. The Bertz CT molecular complexity index is 1110. The van der Waals surface area contributed by atoms with E-state index in [2.05, 4.69) is 34.7 Å². The fraction of sp³-hybridized carbons (Fsp3) is 0.360. The van der Waals surface area contributed by atoms with Crippen molar-refractivity contribution >= 4 is 29.3 Å². The van der Waals surface area contributed by atoms with Crippen LogP contribution in [-0.2, 0) is 22.7 Å². The van der Waals surface area contributed by atoms with E-state index in [4.69, 9.17) is 4.74 Å². The van der Waals surface area contributed by atoms with Crippen LogP contribution < -0.4 is 15.4 Å². The van der Waals surface area contributed by atoms with Crippen LogP contribution in [-0.4, -0.2) is 38.9 Å². The van der Waals surface area contributed by atoms with Gasteiger partial charge in [-0.25, -0.2) is 0 Å². The molecule has 0 spiro atoms. The lowest BCUT2D eigenvalue weighted by atomic mass is 10.0. The number of benzene rings is 2. The van der Waals surface area contributed by atoms with Gasteiger partial charge in [-0.15, -0.1) is 10.2 Å². The van der Waals surface area contributed by atoms with Crippen molar-refractivity contribution in [2.45, 2.75) is 51.9 Å². The van der Waals surface area contributed by atoms with Gasteiger partial charge in [0.2, 0.25) is 5.91 Å². The quantitative estimate of drug-likeness (QED) is 0.399. The molecule has 0 unspecified atom stereocenters. The number of carbonyl (C=O) groups is 2. The van der Waals surface area contributed by atoms with Crippen molar-refractivity contribution in [1.82, 2.24) is 20.1 Å². The molecule has 0 aliphatic carbocycles. The summed E-state index contributed by atoms with van der Waals surface area (Å²) in [6.45, 7) is 8.94. The Hall–Kier alpha value is -3.33. The van der Waals surface area contributed by atoms with E-state index in [1.165, 1.54) is 17.3 Å². The highest BCUT2D eigenvalue weighted by Gasteiger charge is 2.14. The molecular weight excluding hydrogens is 450 g/mol. The molecule has 0 saturated heterocycles. The van der Waals surface area contributed by atoms with Crippen molar-refractivity contribution in [2.75, 3.05) is 17.7 Å². The Kier molecular flexibility index (Phi) is 9.09. The van der Waals surface area contributed by atoms with Crippen molar-refractivity contribution in [3.05, 3.63) is 65.5 Å². The number of nitrogens with one attached hydrogen (secondary N) is 2. The van der Waals surface area contributed by atoms with Gasteiger partial charge in [-0.2, -0.15) is 0 Å². The molecular formula is C25H31N5O3S. The van der Waals surface area contributed by atoms with Crippen LogP contribution in [0.3, 0.4) is 0 Å². The number of anilines is 1. The Morgan fingerprint density at radius 2 is 1.79 bits per heavy atom. The SMILES string of the molecule is CCn1c(CNC(=O)COc2ccc(C(C)C)cc2)nnc1SCC(=O)Nc1ccccc1C. The first-order valence-corrected chi connectivity index (χ1v) is 12.3. The maximum absolute atomic E-state index is 12.3. The zero-order chi connectivity index (χ0) is 24.5. The molecule has 180 valence electrons. The van der Waals surface area contributed by atoms with E-state index in [0.29, 0.717) is 29.2 Å². The van der Waals surface area contributed by atoms with E-state index >= 15 is 0 Å². The van der Waals surface area contributed by atoms with E-state index in [1.807, 2.05) is 66.9 Å². The average molecular weight is 482 g/mol. The monoisotopic (exact) mass is 481 g/mol. The molecule has 1 heterocycles. The summed E-state index contributed by atoms with van der Waals surface area (Å²) in [5.74, 6) is 1.57. The number of para-hydroxylation sites is 1. The number of aromatic nitrogens is 3. The molecule has 0 bridgehead atoms. The van der Waals surface area contributed by atoms with Crippen LogP contribution in [0.2, 0.25) is 0 Å². The summed E-state index contributed by atoms with van der Waals surface area (Å²) in [4.78, 5) is 24.6. The number of ether oxygens (including phenoxy) is 1. The molecule has 0 radical (unpaired) electrons. The third-order valence-corrected chi connectivity index (χ3v) is 6.19. The molecule has 1 aromatic heterocycles. The first-order chi connectivity index (χ1) is 16.4. The average Bonchev–Trinajstić information content (AvgIpc) is 3.23. The van der Waals surface area contributed by atoms with Gasteiger partial charge in [0, 0.05) is 12.2 Å². The number of thioether (sulfide) groups is 1. The van der Waals surface area contributed by atoms with Gasteiger partial charge < -0.3 is 19.9 Å². The van der Waals surface area contributed by atoms with Gasteiger partial charge in [0.15, 0.2) is 17.6 Å². The number of rotatable bonds is 11. The molecule has 2 amide bonds. The number of carbonyl (C=O) groups excluding carboxylic acids is 2. The molecule has 0 saturated carbocycles. The molecule has 34 heavy (non-hydrogen) atoms. The van der Waals surface area contributed by atoms with E-state index in [1.54, 1.807) is 0 Å². The van der Waals surface area contributed by atoms with Crippen molar-refractivity contribution < 1.29 is 14.3 Å². The standard InChI is InChI=1S/C25H31N5O3S/c1-5-30-22(14-26-23(31)15-33-20-12-10-19(11-13-20)17(2)3)28-29-25(30)34-16-24(32)27-21-9-7-6-8-18(21)4/h6-13,17H,5,14-16H2,1-4H3,(H,26,31)(H,27,32). The minimum absolute atomic E-state index is 0.0814. The van der Waals surface area contributed by atoms with Crippen molar-refractivity contribution in [3.8, 4) is 5.75 Å². The van der Waals surface area contributed by atoms with Crippen LogP contribution in [0.25, 0.3) is 0 Å². The minimum Gasteiger partial charge on any atom is -0.484 e. The van der Waals surface area contributed by atoms with E-state index in [-0.39, 0.29) is 30.7 Å². The second-order valence-corrected chi connectivity index (χ2v) is 9.03. The molecule has 2 N–H and O–H groups in total. The Morgan fingerprint density at radius 3 is 2.47 bits per heavy atom. The predicted molar refractivity (Wildman–Crippen MR) is 134 cm³/mol. The van der Waals surface area contributed by atoms with Gasteiger partial charge in [0.25, 0.3) is 5.91 Å². The molecule has 0 aliphatic rings. The zero-order valence-corrected chi connectivity index (χ0v) is 20.8. The van der Waals surface area contributed by atoms with Crippen LogP contribution in [0.15, 0.2) is 53.7 Å². The number of hydrogen-bond acceptors (Lipinski definition) is 6. The van der Waals surface area contributed by atoms with E-state index < -0.39 is 0 Å². The molecule has 3 rings (SSSR count). The zero-order valence-electron chi connectivity index (χ0n) is 20.0. The summed E-state index contributed by atoms with van der Waals surface area (Å²) in [5, 5.41) is 14.7. The van der Waals surface area contributed by atoms with Crippen molar-refractivity contribution in [1.29, 1.82) is 0 Å². The van der Waals surface area contributed by atoms with E-state index in [0.717, 1.165) is 11.3 Å². The predicted octanol–water partition coefficient (Wildman–Crippen LogP) is 4.16. The smallest absolute Gasteiger partial charge is 0.258 e. The summed E-state index contributed by atoms with van der Waals surface area (Å²) in [7, 11) is 0. The van der Waals surface area contributed by atoms with Gasteiger partial charge in [-0.1, -0.05) is 55.9 Å². The fourth-order valence-electron chi connectivity index (χ4n) is 3.23. The second-order valence-electron chi connectivity index (χ2n) is 8.08. The van der Waals surface area contributed by atoms with Gasteiger partial charge in [-0.3, -0.25) is 9.59 Å². The maximum Gasteiger partial charge on any atom is 0.258 e. The molecule has 0 aliphatic heterocycles. The van der Waals surface area contributed by atoms with Gasteiger partial charge in [0.05, 0.1) is 12.3 Å². The number of nitrogens with zero attached hydrogens (tertiary/aromatic N) is 3. The van der Waals surface area contributed by atoms with Crippen LogP contribution >= 0.6 is 11.8 Å². The van der Waals surface area contributed by atoms with Crippen LogP contribution in [0.5, 0.6) is 5.75 Å². The molecule has 8 nitrogen and oxygen atoms in total. The Morgan fingerprint density at radius 1 is 1.06 bits per heavy atom. The molecule has 2 aromatic carbocycles. The first kappa shape index (κ1) is 25.3. The van der Waals surface area contributed by atoms with Crippen LogP contribution in [0, 0.1) is 6.92 Å². The highest BCUT2D eigenvalue weighted by molar-refractivity contribution is 7.99. The molecule has 9 heteroatoms. The first-order valence-electron chi connectivity index (χ1n) is 11.3. The molecule has 0 atom stereocenters. The highest BCUT2D eigenvalue weighted by atomic mass is 32.2. The van der Waals surface area contributed by atoms with Gasteiger partial charge in [-0.05, 0) is 49.1 Å². The van der Waals surface area contributed by atoms with Gasteiger partial charge in [0.1, 0.15) is 5.75 Å². The van der Waals surface area contributed by atoms with Crippen molar-refractivity contribution in [2.24, 2.45) is 0 Å². The summed E-state index contributed by atoms with van der Waals surface area (Å²) < 4.78 is 7.46. The van der Waals surface area contributed by atoms with E-state index in [9.17, 15) is 9.59 Å². The number of amides is 2. The summed E-state index contributed by atoms with van der Waals surface area (Å²) >= 11 is 1.31. The fourth-order valence-corrected chi connectivity index (χ4v) is 4.05. The summed E-state index contributed by atoms with van der Waals surface area (Å²) in [6.07, 6.45) is 0. The third-order valence-electron chi connectivity index (χ3n) is 5.22. The lowest BCUT2D eigenvalue weighted by Crippen LogP contribution is -2.29. The second kappa shape index (κ2) is 12.2. The Labute approximate surface area is 204 Å². The van der Waals surface area contributed by atoms with Crippen LogP contribution in [0.4, 0.5) is 5.69 Å². The number of hydrogen-bond donors (Lipinski definition) is 2. The largest absolute Gasteiger partial charge is 0.484 e. The molecule has 0 fully saturated rings. The minimum atomic E-state index is -0.245. The summed E-state index contributed by atoms with van der Waals surface area (Å²) in [5.41, 5.74) is 3.02. The maximum atomic E-state index is 12.3. The lowest BCUT2D eigenvalue weighted by Gasteiger charge is -2.10. The topological polar surface area (TPSA) is 98.1 Å². The number of aryl methyl sites for hydroxylation is 1. The Balaban J connectivity index is 1.47. The van der Waals surface area contributed by atoms with Gasteiger partial charge >= 0.3 is 0 Å². The highest BCUT2D eigenvalue weighted by Crippen LogP contribution is 2.20. The van der Waals surface area contributed by atoms with Crippen molar-refractivity contribution in [3.63, 3.8) is 0 Å². The van der Waals surface area contributed by atoms with Crippen LogP contribution in [0.1, 0.15) is 43.6 Å².